The van der Waals surface area contributed by atoms with Crippen LogP contribution in [0.1, 0.15) is 22.8 Å². The average Bonchev–Trinajstić information content (AvgIpc) is 3.26. The molecule has 1 unspecified atom stereocenters. The number of fused-ring (bicyclic) bond motifs is 1. The van der Waals surface area contributed by atoms with Gasteiger partial charge >= 0.3 is 6.03 Å². The van der Waals surface area contributed by atoms with E-state index in [9.17, 15) is 14.4 Å². The number of imide groups is 1. The summed E-state index contributed by atoms with van der Waals surface area (Å²) >= 11 is 1.37. The maximum absolute atomic E-state index is 12.8. The Labute approximate surface area is 178 Å². The molecule has 30 heavy (non-hydrogen) atoms. The van der Waals surface area contributed by atoms with Crippen LogP contribution in [0.25, 0.3) is 10.9 Å². The third-order valence-electron chi connectivity index (χ3n) is 5.12. The molecule has 0 spiro atoms. The van der Waals surface area contributed by atoms with E-state index in [1.54, 1.807) is 13.0 Å². The van der Waals surface area contributed by atoms with E-state index in [1.165, 1.54) is 11.8 Å². The van der Waals surface area contributed by atoms with Crippen molar-refractivity contribution in [1.82, 2.24) is 20.9 Å². The molecule has 7 nitrogen and oxygen atoms in total. The van der Waals surface area contributed by atoms with Crippen molar-refractivity contribution in [3.05, 3.63) is 65.9 Å². The van der Waals surface area contributed by atoms with Crippen molar-refractivity contribution in [3.63, 3.8) is 0 Å². The number of urea groups is 1. The van der Waals surface area contributed by atoms with Crippen LogP contribution < -0.4 is 16.0 Å². The Balaban J connectivity index is 1.38. The molecular weight excluding hydrogens is 400 g/mol. The predicted molar refractivity (Wildman–Crippen MR) is 117 cm³/mol. The number of para-hydroxylation sites is 1. The van der Waals surface area contributed by atoms with Crippen LogP contribution in [0.15, 0.2) is 59.6 Å². The van der Waals surface area contributed by atoms with E-state index in [-0.39, 0.29) is 11.8 Å². The number of hydrogen-bond acceptors (Lipinski definition) is 4. The molecule has 1 aromatic heterocycles. The fraction of sp³-hybridized carbons (Fsp3) is 0.227. The zero-order valence-corrected chi connectivity index (χ0v) is 17.3. The summed E-state index contributed by atoms with van der Waals surface area (Å²) in [6.45, 7) is 2.18. The lowest BCUT2D eigenvalue weighted by atomic mass is 10.1. The number of H-pyrrole nitrogens is 1. The van der Waals surface area contributed by atoms with Gasteiger partial charge in [-0.15, -0.1) is 11.8 Å². The molecule has 0 saturated carbocycles. The van der Waals surface area contributed by atoms with Crippen molar-refractivity contribution in [2.24, 2.45) is 0 Å². The molecule has 0 bridgehead atoms. The van der Waals surface area contributed by atoms with Crippen LogP contribution in [0.4, 0.5) is 4.79 Å². The molecule has 1 aliphatic heterocycles. The van der Waals surface area contributed by atoms with Crippen molar-refractivity contribution in [3.8, 4) is 0 Å². The number of benzene rings is 2. The normalized spacial score (nSPS) is 18.3. The summed E-state index contributed by atoms with van der Waals surface area (Å²) in [6.07, 6.45) is 2.69. The third-order valence-corrected chi connectivity index (χ3v) is 6.51. The topological polar surface area (TPSA) is 103 Å². The number of carbonyl (C=O) groups is 3. The molecule has 2 heterocycles. The highest BCUT2D eigenvalue weighted by atomic mass is 32.2. The number of rotatable bonds is 7. The standard InChI is InChI=1S/C22H22N4O3S/c1-22(20(28)25-21(29)26-22)13-30-18-9-5-3-7-16(18)19(27)23-11-10-14-12-24-17-8-4-2-6-15(14)17/h2-9,12,24H,10-11,13H2,1H3,(H,23,27)(H2,25,26,28,29). The number of carbonyl (C=O) groups excluding carboxylic acids is 3. The minimum atomic E-state index is -0.999. The summed E-state index contributed by atoms with van der Waals surface area (Å²) in [4.78, 5) is 40.2. The zero-order valence-electron chi connectivity index (χ0n) is 16.5. The quantitative estimate of drug-likeness (QED) is 0.347. The lowest BCUT2D eigenvalue weighted by molar-refractivity contribution is -0.122. The number of hydrogen-bond donors (Lipinski definition) is 4. The molecule has 1 aliphatic rings. The predicted octanol–water partition coefficient (Wildman–Crippen LogP) is 2.83. The van der Waals surface area contributed by atoms with Crippen LogP contribution >= 0.6 is 11.8 Å². The van der Waals surface area contributed by atoms with E-state index in [2.05, 4.69) is 27.0 Å². The Morgan fingerprint density at radius 1 is 1.10 bits per heavy atom. The minimum Gasteiger partial charge on any atom is -0.361 e. The fourth-order valence-corrected chi connectivity index (χ4v) is 4.57. The first-order valence-electron chi connectivity index (χ1n) is 9.65. The SMILES string of the molecule is CC1(CSc2ccccc2C(=O)NCCc2c[nH]c3ccccc23)NC(=O)NC1=O. The molecule has 1 fully saturated rings. The summed E-state index contributed by atoms with van der Waals surface area (Å²) in [6, 6.07) is 14.8. The number of amides is 4. The molecule has 1 atom stereocenters. The minimum absolute atomic E-state index is 0.164. The Bertz CT molecular complexity index is 1130. The van der Waals surface area contributed by atoms with E-state index in [1.807, 2.05) is 42.6 Å². The van der Waals surface area contributed by atoms with Crippen molar-refractivity contribution in [1.29, 1.82) is 0 Å². The highest BCUT2D eigenvalue weighted by Gasteiger charge is 2.41. The van der Waals surface area contributed by atoms with Crippen molar-refractivity contribution in [2.45, 2.75) is 23.8 Å². The smallest absolute Gasteiger partial charge is 0.322 e. The Kier molecular flexibility index (Phi) is 5.50. The highest BCUT2D eigenvalue weighted by Crippen LogP contribution is 2.27. The van der Waals surface area contributed by atoms with Crippen LogP contribution in [0.2, 0.25) is 0 Å². The lowest BCUT2D eigenvalue weighted by Gasteiger charge is -2.20. The van der Waals surface area contributed by atoms with Crippen LogP contribution in [0.5, 0.6) is 0 Å². The van der Waals surface area contributed by atoms with Gasteiger partial charge in [-0.25, -0.2) is 4.79 Å². The molecule has 4 N–H and O–H groups in total. The monoisotopic (exact) mass is 422 g/mol. The van der Waals surface area contributed by atoms with Crippen molar-refractivity contribution in [2.75, 3.05) is 12.3 Å². The summed E-state index contributed by atoms with van der Waals surface area (Å²) < 4.78 is 0. The summed E-state index contributed by atoms with van der Waals surface area (Å²) in [7, 11) is 0. The van der Waals surface area contributed by atoms with Gasteiger partial charge in [0.2, 0.25) is 0 Å². The van der Waals surface area contributed by atoms with Gasteiger partial charge in [-0.1, -0.05) is 30.3 Å². The van der Waals surface area contributed by atoms with E-state index in [0.29, 0.717) is 17.9 Å². The van der Waals surface area contributed by atoms with Gasteiger partial charge < -0.3 is 15.6 Å². The van der Waals surface area contributed by atoms with Gasteiger partial charge in [0.15, 0.2) is 0 Å². The maximum atomic E-state index is 12.8. The number of aromatic nitrogens is 1. The first kappa shape index (κ1) is 20.0. The first-order valence-corrected chi connectivity index (χ1v) is 10.6. The van der Waals surface area contributed by atoms with Crippen LogP contribution in [-0.2, 0) is 11.2 Å². The second kappa shape index (κ2) is 8.23. The second-order valence-corrected chi connectivity index (χ2v) is 8.41. The van der Waals surface area contributed by atoms with Gasteiger partial charge in [0, 0.05) is 34.3 Å². The molecule has 154 valence electrons. The molecule has 4 amide bonds. The van der Waals surface area contributed by atoms with E-state index in [0.717, 1.165) is 27.8 Å². The molecule has 3 aromatic rings. The van der Waals surface area contributed by atoms with Gasteiger partial charge in [-0.3, -0.25) is 14.9 Å². The number of thioether (sulfide) groups is 1. The largest absolute Gasteiger partial charge is 0.361 e. The van der Waals surface area contributed by atoms with E-state index >= 15 is 0 Å². The summed E-state index contributed by atoms with van der Waals surface area (Å²) in [5, 5.41) is 9.03. The highest BCUT2D eigenvalue weighted by molar-refractivity contribution is 7.99. The van der Waals surface area contributed by atoms with Gasteiger partial charge in [-0.2, -0.15) is 0 Å². The number of nitrogens with one attached hydrogen (secondary N) is 4. The number of aromatic amines is 1. The van der Waals surface area contributed by atoms with E-state index < -0.39 is 11.6 Å². The molecular formula is C22H22N4O3S. The van der Waals surface area contributed by atoms with Crippen molar-refractivity contribution < 1.29 is 14.4 Å². The van der Waals surface area contributed by atoms with Crippen LogP contribution in [0.3, 0.4) is 0 Å². The summed E-state index contributed by atoms with van der Waals surface area (Å²) in [5.41, 5.74) is 1.79. The fourth-order valence-electron chi connectivity index (χ4n) is 3.43. The van der Waals surface area contributed by atoms with Gasteiger partial charge in [-0.05, 0) is 37.1 Å². The Hall–Kier alpha value is -3.26. The molecule has 0 aliphatic carbocycles. The summed E-state index contributed by atoms with van der Waals surface area (Å²) in [5.74, 6) is -0.201. The molecule has 4 rings (SSSR count). The maximum Gasteiger partial charge on any atom is 0.322 e. The molecule has 2 aromatic carbocycles. The van der Waals surface area contributed by atoms with Crippen molar-refractivity contribution >= 4 is 40.5 Å². The van der Waals surface area contributed by atoms with Gasteiger partial charge in [0.05, 0.1) is 5.56 Å². The second-order valence-electron chi connectivity index (χ2n) is 7.39. The Morgan fingerprint density at radius 3 is 2.67 bits per heavy atom. The van der Waals surface area contributed by atoms with E-state index in [4.69, 9.17) is 0 Å². The third kappa shape index (κ3) is 4.04. The van der Waals surface area contributed by atoms with Gasteiger partial charge in [0.25, 0.3) is 11.8 Å². The molecule has 8 heteroatoms. The van der Waals surface area contributed by atoms with Crippen LogP contribution in [-0.4, -0.2) is 40.7 Å². The molecule has 1 saturated heterocycles. The van der Waals surface area contributed by atoms with Gasteiger partial charge in [0.1, 0.15) is 5.54 Å². The lowest BCUT2D eigenvalue weighted by Crippen LogP contribution is -2.46. The molecule has 0 radical (unpaired) electrons. The average molecular weight is 423 g/mol. The van der Waals surface area contributed by atoms with Crippen LogP contribution in [0, 0.1) is 0 Å². The Morgan fingerprint density at radius 2 is 1.87 bits per heavy atom. The zero-order chi connectivity index (χ0) is 21.1. The first-order chi connectivity index (χ1) is 14.5.